The van der Waals surface area contributed by atoms with Crippen molar-refractivity contribution < 1.29 is 24.2 Å². The van der Waals surface area contributed by atoms with Crippen LogP contribution in [-0.4, -0.2) is 36.4 Å². The number of ether oxygens (including phenoxy) is 2. The average Bonchev–Trinajstić information content (AvgIpc) is 3.36. The number of aliphatic hydroxyl groups excluding tert-OH is 1. The van der Waals surface area contributed by atoms with Crippen LogP contribution >= 0.6 is 0 Å². The maximum atomic E-state index is 12.3. The normalized spacial score (nSPS) is 13.4. The molecule has 1 unspecified atom stereocenters. The molecule has 0 aliphatic carbocycles. The van der Waals surface area contributed by atoms with Gasteiger partial charge in [-0.3, -0.25) is 9.59 Å². The molecule has 0 rings (SSSR count). The maximum absolute atomic E-state index is 12.3. The van der Waals surface area contributed by atoms with E-state index in [4.69, 9.17) is 9.47 Å². The van der Waals surface area contributed by atoms with Crippen LogP contribution in [0.1, 0.15) is 232 Å². The Hall–Kier alpha value is -4.22. The fourth-order valence-corrected chi connectivity index (χ4v) is 7.44. The van der Waals surface area contributed by atoms with Crippen LogP contribution in [0.15, 0.2) is 146 Å². The SMILES string of the molecule is CC/C=C\C/C=C\C/C=C\C/C=C\C/C=C\C/C=C\C/C=C\C/C=C\CCCCC(=O)OC(CO)COC(=O)CCCCCCCCCCCCCCCCCC/C=C\C/C=C\C/C=C\C/C=C\CC. The molecule has 0 aliphatic rings. The molecule has 0 amide bonds. The minimum atomic E-state index is -0.807. The summed E-state index contributed by atoms with van der Waals surface area (Å²) in [6, 6.07) is 0. The molecule has 0 aromatic rings. The molecule has 0 aromatic carbocycles. The molecule has 0 spiro atoms. The zero-order valence-corrected chi connectivity index (χ0v) is 45.0. The van der Waals surface area contributed by atoms with Crippen molar-refractivity contribution in [2.75, 3.05) is 13.2 Å². The Morgan fingerprint density at radius 2 is 0.571 bits per heavy atom. The highest BCUT2D eigenvalue weighted by Crippen LogP contribution is 2.15. The molecule has 0 aromatic heterocycles. The van der Waals surface area contributed by atoms with E-state index in [1.807, 2.05) is 0 Å². The number of esters is 2. The van der Waals surface area contributed by atoms with Crippen LogP contribution in [-0.2, 0) is 19.1 Å². The van der Waals surface area contributed by atoms with Gasteiger partial charge in [-0.05, 0) is 116 Å². The maximum Gasteiger partial charge on any atom is 0.306 e. The van der Waals surface area contributed by atoms with Crippen LogP contribution in [0.5, 0.6) is 0 Å². The Morgan fingerprint density at radius 3 is 0.886 bits per heavy atom. The van der Waals surface area contributed by atoms with Gasteiger partial charge in [-0.25, -0.2) is 0 Å². The lowest BCUT2D eigenvalue weighted by Gasteiger charge is -2.15. The summed E-state index contributed by atoms with van der Waals surface area (Å²) >= 11 is 0. The molecule has 0 fully saturated rings. The molecule has 70 heavy (non-hydrogen) atoms. The van der Waals surface area contributed by atoms with Gasteiger partial charge in [0, 0.05) is 12.8 Å². The van der Waals surface area contributed by atoms with Crippen molar-refractivity contribution >= 4 is 11.9 Å². The Bertz CT molecular complexity index is 1510. The number of allylic oxidation sites excluding steroid dienone is 24. The van der Waals surface area contributed by atoms with E-state index in [-0.39, 0.29) is 25.2 Å². The van der Waals surface area contributed by atoms with Crippen molar-refractivity contribution in [2.24, 2.45) is 0 Å². The zero-order valence-electron chi connectivity index (χ0n) is 45.0. The van der Waals surface area contributed by atoms with E-state index in [9.17, 15) is 14.7 Å². The number of carbonyl (C=O) groups is 2. The molecule has 0 saturated heterocycles. The molecule has 1 N–H and O–H groups in total. The van der Waals surface area contributed by atoms with Gasteiger partial charge in [0.2, 0.25) is 0 Å². The molecule has 0 aliphatic heterocycles. The van der Waals surface area contributed by atoms with Crippen molar-refractivity contribution in [2.45, 2.75) is 238 Å². The standard InChI is InChI=1S/C65H104O5/c1-3-5-7-9-11-13-15-17-19-21-23-25-27-29-31-32-34-35-37-39-41-43-45-47-49-51-53-55-57-59-64(67)69-62-63(61-66)70-65(68)60-58-56-54-52-50-48-46-44-42-40-38-36-33-30-28-26-24-22-20-18-16-14-12-10-8-6-4-2/h5-8,11-14,17-20,23-26,30,33,38,40,44,46,50,52,63,66H,3-4,9-10,15-16,21-22,27-29,31-32,34-37,39,41-43,45,47-49,51,53-62H2,1-2H3/b7-5-,8-6-,13-11-,14-12-,19-17-,20-18-,25-23-,26-24-,33-30-,40-38-,46-44-,52-50-. The monoisotopic (exact) mass is 965 g/mol. The first-order chi connectivity index (χ1) is 34.6. The van der Waals surface area contributed by atoms with Gasteiger partial charge in [0.05, 0.1) is 6.61 Å². The van der Waals surface area contributed by atoms with E-state index in [1.165, 1.54) is 89.9 Å². The number of hydrogen-bond acceptors (Lipinski definition) is 5. The van der Waals surface area contributed by atoms with Crippen molar-refractivity contribution in [3.05, 3.63) is 146 Å². The van der Waals surface area contributed by atoms with E-state index in [0.29, 0.717) is 12.8 Å². The topological polar surface area (TPSA) is 72.8 Å². The number of unbranched alkanes of at least 4 members (excludes halogenated alkanes) is 18. The molecular weight excluding hydrogens is 861 g/mol. The number of carbonyl (C=O) groups excluding carboxylic acids is 2. The predicted molar refractivity (Wildman–Crippen MR) is 306 cm³/mol. The molecule has 0 saturated carbocycles. The summed E-state index contributed by atoms with van der Waals surface area (Å²) in [6.45, 7) is 3.88. The molecule has 0 radical (unpaired) electrons. The van der Waals surface area contributed by atoms with Gasteiger partial charge in [-0.1, -0.05) is 250 Å². The largest absolute Gasteiger partial charge is 0.462 e. The third-order valence-electron chi connectivity index (χ3n) is 11.6. The second-order valence-electron chi connectivity index (χ2n) is 18.2. The number of hydrogen-bond donors (Lipinski definition) is 1. The third-order valence-corrected chi connectivity index (χ3v) is 11.6. The third kappa shape index (κ3) is 56.4. The van der Waals surface area contributed by atoms with Gasteiger partial charge in [0.1, 0.15) is 6.61 Å². The Balaban J connectivity index is 3.61. The fraction of sp³-hybridized carbons (Fsp3) is 0.600. The van der Waals surface area contributed by atoms with Gasteiger partial charge < -0.3 is 14.6 Å². The van der Waals surface area contributed by atoms with Crippen LogP contribution in [0.3, 0.4) is 0 Å². The van der Waals surface area contributed by atoms with Gasteiger partial charge in [-0.15, -0.1) is 0 Å². The molecule has 0 bridgehead atoms. The van der Waals surface area contributed by atoms with E-state index in [0.717, 1.165) is 116 Å². The minimum absolute atomic E-state index is 0.0921. The first-order valence-corrected chi connectivity index (χ1v) is 28.4. The van der Waals surface area contributed by atoms with Crippen molar-refractivity contribution in [1.82, 2.24) is 0 Å². The van der Waals surface area contributed by atoms with Gasteiger partial charge in [-0.2, -0.15) is 0 Å². The van der Waals surface area contributed by atoms with E-state index >= 15 is 0 Å². The molecular formula is C65H104O5. The summed E-state index contributed by atoms with van der Waals surface area (Å²) in [4.78, 5) is 24.5. The summed E-state index contributed by atoms with van der Waals surface area (Å²) in [7, 11) is 0. The second-order valence-corrected chi connectivity index (χ2v) is 18.2. The van der Waals surface area contributed by atoms with Crippen LogP contribution in [0.25, 0.3) is 0 Å². The summed E-state index contributed by atoms with van der Waals surface area (Å²) in [6.07, 6.45) is 89.6. The first kappa shape index (κ1) is 65.8. The highest BCUT2D eigenvalue weighted by Gasteiger charge is 2.16. The lowest BCUT2D eigenvalue weighted by molar-refractivity contribution is -0.161. The van der Waals surface area contributed by atoms with Crippen molar-refractivity contribution in [3.63, 3.8) is 0 Å². The summed E-state index contributed by atoms with van der Waals surface area (Å²) in [5.74, 6) is -0.648. The van der Waals surface area contributed by atoms with Crippen LogP contribution in [0, 0.1) is 0 Å². The van der Waals surface area contributed by atoms with E-state index < -0.39 is 6.10 Å². The smallest absolute Gasteiger partial charge is 0.306 e. The molecule has 5 heteroatoms. The van der Waals surface area contributed by atoms with Crippen molar-refractivity contribution in [3.8, 4) is 0 Å². The first-order valence-electron chi connectivity index (χ1n) is 28.4. The molecule has 5 nitrogen and oxygen atoms in total. The lowest BCUT2D eigenvalue weighted by Crippen LogP contribution is -2.28. The fourth-order valence-electron chi connectivity index (χ4n) is 7.44. The summed E-state index contributed by atoms with van der Waals surface area (Å²) in [5, 5.41) is 9.65. The second kappa shape index (κ2) is 59.1. The summed E-state index contributed by atoms with van der Waals surface area (Å²) < 4.78 is 10.7. The van der Waals surface area contributed by atoms with Crippen LogP contribution in [0.2, 0.25) is 0 Å². The molecule has 394 valence electrons. The Kier molecular flexibility index (Phi) is 55.5. The number of rotatable bonds is 50. The van der Waals surface area contributed by atoms with E-state index in [2.05, 4.69) is 160 Å². The summed E-state index contributed by atoms with van der Waals surface area (Å²) in [5.41, 5.74) is 0. The van der Waals surface area contributed by atoms with Gasteiger partial charge in [0.15, 0.2) is 6.10 Å². The van der Waals surface area contributed by atoms with Gasteiger partial charge in [0.25, 0.3) is 0 Å². The molecule has 0 heterocycles. The lowest BCUT2D eigenvalue weighted by atomic mass is 10.0. The van der Waals surface area contributed by atoms with Gasteiger partial charge >= 0.3 is 11.9 Å². The highest BCUT2D eigenvalue weighted by molar-refractivity contribution is 5.70. The van der Waals surface area contributed by atoms with E-state index in [1.54, 1.807) is 0 Å². The number of aliphatic hydroxyl groups is 1. The predicted octanol–water partition coefficient (Wildman–Crippen LogP) is 19.4. The van der Waals surface area contributed by atoms with Crippen LogP contribution in [0.4, 0.5) is 0 Å². The minimum Gasteiger partial charge on any atom is -0.462 e. The van der Waals surface area contributed by atoms with Crippen molar-refractivity contribution in [1.29, 1.82) is 0 Å². The Labute approximate surface area is 431 Å². The zero-order chi connectivity index (χ0) is 50.6. The average molecular weight is 966 g/mol. The highest BCUT2D eigenvalue weighted by atomic mass is 16.6. The Morgan fingerprint density at radius 1 is 0.329 bits per heavy atom. The molecule has 1 atom stereocenters. The van der Waals surface area contributed by atoms with Crippen LogP contribution < -0.4 is 0 Å². The quantitative estimate of drug-likeness (QED) is 0.0374.